The molecule has 0 unspecified atom stereocenters. The molecular formula is C14H16N2O2. The summed E-state index contributed by atoms with van der Waals surface area (Å²) < 4.78 is 0. The molecule has 0 amide bonds. The molecule has 2 N–H and O–H groups in total. The molecule has 3 rings (SSSR count). The SMILES string of the molecule is O=C(O)CN(Cc1c[nH]c2ccccc12)C1CC1. The molecule has 0 radical (unpaired) electrons. The van der Waals surface area contributed by atoms with Crippen LogP contribution in [-0.2, 0) is 11.3 Å². The van der Waals surface area contributed by atoms with Crippen LogP contribution in [0.5, 0.6) is 0 Å². The van der Waals surface area contributed by atoms with Crippen molar-refractivity contribution in [3.05, 3.63) is 36.0 Å². The van der Waals surface area contributed by atoms with Crippen LogP contribution in [0.25, 0.3) is 10.9 Å². The standard InChI is InChI=1S/C14H16N2O2/c17-14(18)9-16(11-5-6-11)8-10-7-15-13-4-2-1-3-12(10)13/h1-4,7,11,15H,5-6,8-9H2,(H,17,18). The van der Waals surface area contributed by atoms with Crippen LogP contribution in [0.1, 0.15) is 18.4 Å². The normalized spacial score (nSPS) is 15.4. The first kappa shape index (κ1) is 11.3. The number of aliphatic carboxylic acids is 1. The first-order valence-electron chi connectivity index (χ1n) is 6.25. The Kier molecular flexibility index (Phi) is 2.80. The van der Waals surface area contributed by atoms with Crippen LogP contribution in [0.15, 0.2) is 30.5 Å². The van der Waals surface area contributed by atoms with E-state index in [0.29, 0.717) is 12.6 Å². The van der Waals surface area contributed by atoms with E-state index in [2.05, 4.69) is 16.0 Å². The molecule has 1 heterocycles. The second kappa shape index (κ2) is 4.46. The first-order valence-corrected chi connectivity index (χ1v) is 6.25. The molecule has 1 aliphatic carbocycles. The summed E-state index contributed by atoms with van der Waals surface area (Å²) in [6, 6.07) is 8.58. The van der Waals surface area contributed by atoms with Crippen molar-refractivity contribution in [3.8, 4) is 0 Å². The molecule has 0 aliphatic heterocycles. The Balaban J connectivity index is 1.83. The number of para-hydroxylation sites is 1. The molecular weight excluding hydrogens is 228 g/mol. The molecule has 0 saturated heterocycles. The number of carbonyl (C=O) groups is 1. The van der Waals surface area contributed by atoms with Crippen molar-refractivity contribution in [1.82, 2.24) is 9.88 Å². The summed E-state index contributed by atoms with van der Waals surface area (Å²) in [5.74, 6) is -0.748. The molecule has 1 saturated carbocycles. The van der Waals surface area contributed by atoms with Crippen molar-refractivity contribution in [2.45, 2.75) is 25.4 Å². The fraction of sp³-hybridized carbons (Fsp3) is 0.357. The Labute approximate surface area is 105 Å². The number of hydrogen-bond acceptors (Lipinski definition) is 2. The second-order valence-electron chi connectivity index (χ2n) is 4.89. The highest BCUT2D eigenvalue weighted by atomic mass is 16.4. The third kappa shape index (κ3) is 2.24. The van der Waals surface area contributed by atoms with Gasteiger partial charge < -0.3 is 10.1 Å². The highest BCUT2D eigenvalue weighted by Crippen LogP contribution is 2.29. The lowest BCUT2D eigenvalue weighted by Gasteiger charge is -2.19. The summed E-state index contributed by atoms with van der Waals surface area (Å²) >= 11 is 0. The van der Waals surface area contributed by atoms with E-state index in [1.165, 1.54) is 10.9 Å². The number of rotatable bonds is 5. The molecule has 1 aromatic carbocycles. The van der Waals surface area contributed by atoms with Gasteiger partial charge in [-0.3, -0.25) is 9.69 Å². The minimum Gasteiger partial charge on any atom is -0.480 e. The molecule has 0 atom stereocenters. The summed E-state index contributed by atoms with van der Waals surface area (Å²) in [6.45, 7) is 0.838. The van der Waals surface area contributed by atoms with Gasteiger partial charge in [-0.25, -0.2) is 0 Å². The van der Waals surface area contributed by atoms with Gasteiger partial charge in [0.25, 0.3) is 0 Å². The predicted octanol–water partition coefficient (Wildman–Crippen LogP) is 2.22. The van der Waals surface area contributed by atoms with Gasteiger partial charge in [-0.05, 0) is 24.5 Å². The lowest BCUT2D eigenvalue weighted by Crippen LogP contribution is -2.31. The maximum absolute atomic E-state index is 10.9. The number of carboxylic acids is 1. The van der Waals surface area contributed by atoms with Gasteiger partial charge in [0, 0.05) is 29.7 Å². The lowest BCUT2D eigenvalue weighted by atomic mass is 10.1. The van der Waals surface area contributed by atoms with Crippen molar-refractivity contribution < 1.29 is 9.90 Å². The Morgan fingerprint density at radius 2 is 2.17 bits per heavy atom. The van der Waals surface area contributed by atoms with Crippen LogP contribution < -0.4 is 0 Å². The number of benzene rings is 1. The van der Waals surface area contributed by atoms with E-state index in [1.54, 1.807) is 0 Å². The summed E-state index contributed by atoms with van der Waals surface area (Å²) in [7, 11) is 0. The third-order valence-corrected chi connectivity index (χ3v) is 3.45. The first-order chi connectivity index (χ1) is 8.74. The third-order valence-electron chi connectivity index (χ3n) is 3.45. The van der Waals surface area contributed by atoms with Gasteiger partial charge in [-0.1, -0.05) is 18.2 Å². The zero-order valence-corrected chi connectivity index (χ0v) is 10.1. The van der Waals surface area contributed by atoms with Crippen molar-refractivity contribution in [1.29, 1.82) is 0 Å². The number of nitrogens with zero attached hydrogens (tertiary/aromatic N) is 1. The van der Waals surface area contributed by atoms with Gasteiger partial charge in [-0.15, -0.1) is 0 Å². The van der Waals surface area contributed by atoms with Crippen LogP contribution in [0.4, 0.5) is 0 Å². The summed E-state index contributed by atoms with van der Waals surface area (Å²) in [6.07, 6.45) is 4.23. The quantitative estimate of drug-likeness (QED) is 0.848. The maximum Gasteiger partial charge on any atom is 0.317 e. The molecule has 18 heavy (non-hydrogen) atoms. The van der Waals surface area contributed by atoms with Crippen LogP contribution in [0.3, 0.4) is 0 Å². The highest BCUT2D eigenvalue weighted by Gasteiger charge is 2.30. The topological polar surface area (TPSA) is 56.3 Å². The molecule has 1 aliphatic rings. The van der Waals surface area contributed by atoms with Crippen LogP contribution in [0.2, 0.25) is 0 Å². The number of hydrogen-bond donors (Lipinski definition) is 2. The van der Waals surface area contributed by atoms with Crippen LogP contribution in [0, 0.1) is 0 Å². The Hall–Kier alpha value is -1.81. The Morgan fingerprint density at radius 3 is 2.89 bits per heavy atom. The van der Waals surface area contributed by atoms with Crippen molar-refractivity contribution >= 4 is 16.9 Å². The van der Waals surface area contributed by atoms with Gasteiger partial charge in [-0.2, -0.15) is 0 Å². The van der Waals surface area contributed by atoms with Gasteiger partial charge in [0.2, 0.25) is 0 Å². The van der Waals surface area contributed by atoms with E-state index in [0.717, 1.165) is 18.4 Å². The average molecular weight is 244 g/mol. The molecule has 0 bridgehead atoms. The van der Waals surface area contributed by atoms with Crippen molar-refractivity contribution in [2.75, 3.05) is 6.54 Å². The molecule has 1 fully saturated rings. The van der Waals surface area contributed by atoms with Gasteiger partial charge >= 0.3 is 5.97 Å². The molecule has 2 aromatic rings. The maximum atomic E-state index is 10.9. The smallest absolute Gasteiger partial charge is 0.317 e. The van der Waals surface area contributed by atoms with Gasteiger partial charge in [0.1, 0.15) is 0 Å². The highest BCUT2D eigenvalue weighted by molar-refractivity contribution is 5.83. The van der Waals surface area contributed by atoms with E-state index in [4.69, 9.17) is 5.11 Å². The molecule has 1 aromatic heterocycles. The van der Waals surface area contributed by atoms with E-state index < -0.39 is 5.97 Å². The fourth-order valence-corrected chi connectivity index (χ4v) is 2.41. The largest absolute Gasteiger partial charge is 0.480 e. The minimum atomic E-state index is -0.748. The van der Waals surface area contributed by atoms with E-state index in [-0.39, 0.29) is 6.54 Å². The monoisotopic (exact) mass is 244 g/mol. The van der Waals surface area contributed by atoms with E-state index >= 15 is 0 Å². The summed E-state index contributed by atoms with van der Waals surface area (Å²) in [4.78, 5) is 16.2. The number of H-pyrrole nitrogens is 1. The van der Waals surface area contributed by atoms with Gasteiger partial charge in [0.15, 0.2) is 0 Å². The van der Waals surface area contributed by atoms with Crippen LogP contribution in [-0.4, -0.2) is 33.5 Å². The molecule has 4 nitrogen and oxygen atoms in total. The van der Waals surface area contributed by atoms with Gasteiger partial charge in [0.05, 0.1) is 6.54 Å². The van der Waals surface area contributed by atoms with E-state index in [1.807, 2.05) is 24.4 Å². The Bertz CT molecular complexity index is 572. The summed E-state index contributed by atoms with van der Waals surface area (Å²) in [5, 5.41) is 10.1. The van der Waals surface area contributed by atoms with Crippen LogP contribution >= 0.6 is 0 Å². The average Bonchev–Trinajstić information content (AvgIpc) is 3.12. The fourth-order valence-electron chi connectivity index (χ4n) is 2.41. The molecule has 4 heteroatoms. The predicted molar refractivity (Wildman–Crippen MR) is 69.4 cm³/mol. The molecule has 94 valence electrons. The number of carboxylic acid groups (broad SMARTS) is 1. The number of aromatic nitrogens is 1. The minimum absolute atomic E-state index is 0.129. The second-order valence-corrected chi connectivity index (χ2v) is 4.89. The Morgan fingerprint density at radius 1 is 1.39 bits per heavy atom. The molecule has 0 spiro atoms. The lowest BCUT2D eigenvalue weighted by molar-refractivity contribution is -0.138. The number of nitrogens with one attached hydrogen (secondary N) is 1. The van der Waals surface area contributed by atoms with Crippen molar-refractivity contribution in [3.63, 3.8) is 0 Å². The number of aromatic amines is 1. The zero-order chi connectivity index (χ0) is 12.5. The van der Waals surface area contributed by atoms with Crippen molar-refractivity contribution in [2.24, 2.45) is 0 Å². The van der Waals surface area contributed by atoms with E-state index in [9.17, 15) is 4.79 Å². The number of fused-ring (bicyclic) bond motifs is 1. The summed E-state index contributed by atoms with van der Waals surface area (Å²) in [5.41, 5.74) is 2.29. The zero-order valence-electron chi connectivity index (χ0n) is 10.1.